The number of rotatable bonds is 6. The van der Waals surface area contributed by atoms with Crippen molar-refractivity contribution in [2.45, 2.75) is 54.0 Å². The van der Waals surface area contributed by atoms with Crippen LogP contribution in [0.4, 0.5) is 0 Å². The van der Waals surface area contributed by atoms with Crippen molar-refractivity contribution in [1.29, 1.82) is 0 Å². The first-order valence-electron chi connectivity index (χ1n) is 5.66. The summed E-state index contributed by atoms with van der Waals surface area (Å²) in [6.45, 7) is 14.9. The van der Waals surface area contributed by atoms with Gasteiger partial charge in [-0.3, -0.25) is 0 Å². The lowest BCUT2D eigenvalue weighted by Crippen LogP contribution is -2.31. The Labute approximate surface area is 84.3 Å². The van der Waals surface area contributed by atoms with Gasteiger partial charge >= 0.3 is 0 Å². The van der Waals surface area contributed by atoms with Crippen LogP contribution in [0.5, 0.6) is 0 Å². The summed E-state index contributed by atoms with van der Waals surface area (Å²) in [6, 6.07) is 0.619. The van der Waals surface area contributed by atoms with E-state index in [1.165, 1.54) is 13.0 Å². The van der Waals surface area contributed by atoms with Crippen LogP contribution in [-0.2, 0) is 0 Å². The fraction of sp³-hybridized carbons (Fsp3) is 1.00. The lowest BCUT2D eigenvalue weighted by Gasteiger charge is -2.24. The van der Waals surface area contributed by atoms with Crippen molar-refractivity contribution >= 4 is 0 Å². The number of nitrogens with one attached hydrogen (secondary N) is 1. The van der Waals surface area contributed by atoms with Crippen LogP contribution in [0, 0.1) is 17.8 Å². The molecule has 1 unspecified atom stereocenters. The van der Waals surface area contributed by atoms with Crippen molar-refractivity contribution in [3.63, 3.8) is 0 Å². The summed E-state index contributed by atoms with van der Waals surface area (Å²) >= 11 is 0. The Balaban J connectivity index is 3.81. The van der Waals surface area contributed by atoms with Gasteiger partial charge in [0, 0.05) is 6.04 Å². The summed E-state index contributed by atoms with van der Waals surface area (Å²) in [5.74, 6) is 2.46. The SMILES string of the molecule is CC(C)CC(CNC(C)C)C(C)C. The Kier molecular flexibility index (Phi) is 6.40. The molecule has 0 saturated heterocycles. The third kappa shape index (κ3) is 7.06. The van der Waals surface area contributed by atoms with Crippen LogP contribution in [0.2, 0.25) is 0 Å². The molecule has 1 nitrogen and oxygen atoms in total. The van der Waals surface area contributed by atoms with E-state index in [1.807, 2.05) is 0 Å². The molecule has 0 aliphatic carbocycles. The van der Waals surface area contributed by atoms with Crippen LogP contribution in [-0.4, -0.2) is 12.6 Å². The highest BCUT2D eigenvalue weighted by Gasteiger charge is 2.14. The lowest BCUT2D eigenvalue weighted by atomic mass is 9.87. The highest BCUT2D eigenvalue weighted by Crippen LogP contribution is 2.19. The molecule has 0 saturated carbocycles. The molecule has 0 aromatic carbocycles. The molecule has 0 aromatic rings. The zero-order valence-corrected chi connectivity index (χ0v) is 10.2. The molecule has 80 valence electrons. The van der Waals surface area contributed by atoms with Gasteiger partial charge in [0.2, 0.25) is 0 Å². The van der Waals surface area contributed by atoms with Gasteiger partial charge in [0.05, 0.1) is 0 Å². The fourth-order valence-electron chi connectivity index (χ4n) is 1.58. The average Bonchev–Trinajstić information content (AvgIpc) is 1.96. The largest absolute Gasteiger partial charge is 0.314 e. The zero-order valence-electron chi connectivity index (χ0n) is 10.2. The second-order valence-electron chi connectivity index (χ2n) is 5.20. The van der Waals surface area contributed by atoms with Crippen LogP contribution < -0.4 is 5.32 Å². The van der Waals surface area contributed by atoms with Gasteiger partial charge in [-0.1, -0.05) is 41.5 Å². The number of hydrogen-bond acceptors (Lipinski definition) is 1. The van der Waals surface area contributed by atoms with Crippen LogP contribution in [0.3, 0.4) is 0 Å². The molecule has 0 aromatic heterocycles. The van der Waals surface area contributed by atoms with Gasteiger partial charge in [0.15, 0.2) is 0 Å². The van der Waals surface area contributed by atoms with Crippen molar-refractivity contribution in [1.82, 2.24) is 5.32 Å². The minimum Gasteiger partial charge on any atom is -0.314 e. The van der Waals surface area contributed by atoms with E-state index < -0.39 is 0 Å². The van der Waals surface area contributed by atoms with Crippen molar-refractivity contribution in [3.8, 4) is 0 Å². The molecule has 1 heteroatoms. The molecule has 0 fully saturated rings. The quantitative estimate of drug-likeness (QED) is 0.669. The Morgan fingerprint density at radius 2 is 1.46 bits per heavy atom. The highest BCUT2D eigenvalue weighted by molar-refractivity contribution is 4.69. The molecule has 13 heavy (non-hydrogen) atoms. The van der Waals surface area contributed by atoms with Crippen molar-refractivity contribution in [2.24, 2.45) is 17.8 Å². The summed E-state index contributed by atoms with van der Waals surface area (Å²) in [5.41, 5.74) is 0. The molecule has 1 atom stereocenters. The normalized spacial score (nSPS) is 14.5. The summed E-state index contributed by atoms with van der Waals surface area (Å²) < 4.78 is 0. The standard InChI is InChI=1S/C12H27N/c1-9(2)7-12(10(3)4)8-13-11(5)6/h9-13H,7-8H2,1-6H3. The number of hydrogen-bond donors (Lipinski definition) is 1. The average molecular weight is 185 g/mol. The molecule has 0 aliphatic rings. The van der Waals surface area contributed by atoms with Gasteiger partial charge in [-0.05, 0) is 30.7 Å². The van der Waals surface area contributed by atoms with E-state index in [1.54, 1.807) is 0 Å². The smallest absolute Gasteiger partial charge is 0.00104 e. The molecule has 0 radical (unpaired) electrons. The van der Waals surface area contributed by atoms with Crippen molar-refractivity contribution < 1.29 is 0 Å². The summed E-state index contributed by atoms with van der Waals surface area (Å²) in [7, 11) is 0. The minimum atomic E-state index is 0.619. The fourth-order valence-corrected chi connectivity index (χ4v) is 1.58. The third-order valence-electron chi connectivity index (χ3n) is 2.51. The molecule has 1 N–H and O–H groups in total. The van der Waals surface area contributed by atoms with E-state index >= 15 is 0 Å². The van der Waals surface area contributed by atoms with Crippen LogP contribution >= 0.6 is 0 Å². The topological polar surface area (TPSA) is 12.0 Å². The first kappa shape index (κ1) is 13.0. The Bertz CT molecular complexity index is 116. The van der Waals surface area contributed by atoms with E-state index in [0.29, 0.717) is 6.04 Å². The lowest BCUT2D eigenvalue weighted by molar-refractivity contribution is 0.296. The van der Waals surface area contributed by atoms with Crippen LogP contribution in [0.1, 0.15) is 48.0 Å². The minimum absolute atomic E-state index is 0.619. The van der Waals surface area contributed by atoms with Crippen LogP contribution in [0.15, 0.2) is 0 Å². The second-order valence-corrected chi connectivity index (χ2v) is 5.20. The maximum Gasteiger partial charge on any atom is 0.00104 e. The molecule has 0 heterocycles. The van der Waals surface area contributed by atoms with Crippen LogP contribution in [0.25, 0.3) is 0 Å². The third-order valence-corrected chi connectivity index (χ3v) is 2.51. The first-order chi connectivity index (χ1) is 5.93. The van der Waals surface area contributed by atoms with E-state index in [2.05, 4.69) is 46.9 Å². The zero-order chi connectivity index (χ0) is 10.4. The molecule has 0 bridgehead atoms. The van der Waals surface area contributed by atoms with E-state index in [4.69, 9.17) is 0 Å². The maximum absolute atomic E-state index is 3.53. The van der Waals surface area contributed by atoms with Gasteiger partial charge in [-0.2, -0.15) is 0 Å². The van der Waals surface area contributed by atoms with E-state index in [9.17, 15) is 0 Å². The summed E-state index contributed by atoms with van der Waals surface area (Å²) in [4.78, 5) is 0. The van der Waals surface area contributed by atoms with E-state index in [0.717, 1.165) is 17.8 Å². The summed E-state index contributed by atoms with van der Waals surface area (Å²) in [6.07, 6.45) is 1.34. The van der Waals surface area contributed by atoms with Gasteiger partial charge in [-0.25, -0.2) is 0 Å². The van der Waals surface area contributed by atoms with Gasteiger partial charge in [0.25, 0.3) is 0 Å². The molecular formula is C12H27N. The Morgan fingerprint density at radius 3 is 1.77 bits per heavy atom. The highest BCUT2D eigenvalue weighted by atomic mass is 14.9. The Hall–Kier alpha value is -0.0400. The predicted octanol–water partition coefficient (Wildman–Crippen LogP) is 3.30. The molecule has 0 aliphatic heterocycles. The van der Waals surface area contributed by atoms with Crippen molar-refractivity contribution in [2.75, 3.05) is 6.54 Å². The van der Waals surface area contributed by atoms with Gasteiger partial charge < -0.3 is 5.32 Å². The molecule has 0 spiro atoms. The monoisotopic (exact) mass is 185 g/mol. The van der Waals surface area contributed by atoms with Gasteiger partial charge in [0.1, 0.15) is 0 Å². The van der Waals surface area contributed by atoms with E-state index in [-0.39, 0.29) is 0 Å². The molecular weight excluding hydrogens is 158 g/mol. The van der Waals surface area contributed by atoms with Gasteiger partial charge in [-0.15, -0.1) is 0 Å². The first-order valence-corrected chi connectivity index (χ1v) is 5.66. The predicted molar refractivity (Wildman–Crippen MR) is 60.9 cm³/mol. The Morgan fingerprint density at radius 1 is 0.923 bits per heavy atom. The molecule has 0 rings (SSSR count). The maximum atomic E-state index is 3.53. The molecule has 0 amide bonds. The second kappa shape index (κ2) is 6.42. The van der Waals surface area contributed by atoms with Crippen molar-refractivity contribution in [3.05, 3.63) is 0 Å². The summed E-state index contributed by atoms with van der Waals surface area (Å²) in [5, 5.41) is 3.53.